The normalized spacial score (nSPS) is 25.4. The van der Waals surface area contributed by atoms with Crippen molar-refractivity contribution < 1.29 is 14.0 Å². The Morgan fingerprint density at radius 1 is 1.18 bits per heavy atom. The number of urea groups is 1. The van der Waals surface area contributed by atoms with Crippen molar-refractivity contribution in [2.75, 3.05) is 0 Å². The molecule has 2 aromatic rings. The Bertz CT molecular complexity index is 874. The van der Waals surface area contributed by atoms with Gasteiger partial charge in [0.25, 0.3) is 5.91 Å². The van der Waals surface area contributed by atoms with Crippen molar-refractivity contribution in [2.24, 2.45) is 11.3 Å². The van der Waals surface area contributed by atoms with Crippen LogP contribution >= 0.6 is 0 Å². The van der Waals surface area contributed by atoms with Crippen LogP contribution in [0.25, 0.3) is 11.3 Å². The molecule has 1 aliphatic carbocycles. The van der Waals surface area contributed by atoms with Crippen LogP contribution in [0.5, 0.6) is 0 Å². The van der Waals surface area contributed by atoms with Gasteiger partial charge in [0, 0.05) is 5.56 Å². The number of nitrogens with zero attached hydrogens (tertiary/aromatic N) is 2. The molecular formula is C22H27N3O3. The summed E-state index contributed by atoms with van der Waals surface area (Å²) in [6.45, 7) is 6.78. The first-order chi connectivity index (χ1) is 13.3. The van der Waals surface area contributed by atoms with Gasteiger partial charge in [-0.3, -0.25) is 9.69 Å². The third kappa shape index (κ3) is 3.32. The molecule has 1 saturated carbocycles. The molecule has 28 heavy (non-hydrogen) atoms. The Morgan fingerprint density at radius 2 is 1.86 bits per heavy atom. The van der Waals surface area contributed by atoms with Crippen LogP contribution in [0.1, 0.15) is 52.3 Å². The maximum atomic E-state index is 13.1. The molecule has 1 aromatic heterocycles. The van der Waals surface area contributed by atoms with Gasteiger partial charge >= 0.3 is 6.03 Å². The number of nitrogens with one attached hydrogen (secondary N) is 1. The minimum Gasteiger partial charge on any atom is -0.439 e. The molecule has 148 valence electrons. The summed E-state index contributed by atoms with van der Waals surface area (Å²) in [6, 6.07) is 9.29. The molecule has 4 rings (SSSR count). The van der Waals surface area contributed by atoms with E-state index in [9.17, 15) is 9.59 Å². The van der Waals surface area contributed by atoms with E-state index in [-0.39, 0.29) is 23.9 Å². The molecule has 6 nitrogen and oxygen atoms in total. The van der Waals surface area contributed by atoms with Crippen LogP contribution in [-0.2, 0) is 11.3 Å². The number of imide groups is 1. The van der Waals surface area contributed by atoms with Crippen molar-refractivity contribution >= 4 is 11.9 Å². The predicted molar refractivity (Wildman–Crippen MR) is 105 cm³/mol. The summed E-state index contributed by atoms with van der Waals surface area (Å²) in [6.07, 6.45) is 4.90. The second kappa shape index (κ2) is 6.76. The molecule has 2 aliphatic rings. The van der Waals surface area contributed by atoms with Crippen LogP contribution in [0.4, 0.5) is 4.79 Å². The van der Waals surface area contributed by atoms with Crippen LogP contribution in [0.3, 0.4) is 0 Å². The Labute approximate surface area is 165 Å². The minimum atomic E-state index is -0.756. The third-order valence-electron chi connectivity index (χ3n) is 6.22. The van der Waals surface area contributed by atoms with Crippen LogP contribution in [0.2, 0.25) is 0 Å². The van der Waals surface area contributed by atoms with Gasteiger partial charge in [0.15, 0.2) is 5.76 Å². The molecule has 1 aromatic carbocycles. The van der Waals surface area contributed by atoms with Gasteiger partial charge in [0.2, 0.25) is 5.89 Å². The lowest BCUT2D eigenvalue weighted by molar-refractivity contribution is -0.133. The van der Waals surface area contributed by atoms with Crippen molar-refractivity contribution in [3.05, 3.63) is 42.4 Å². The van der Waals surface area contributed by atoms with Gasteiger partial charge in [0.1, 0.15) is 12.1 Å². The number of hydrogen-bond acceptors (Lipinski definition) is 4. The highest BCUT2D eigenvalue weighted by molar-refractivity contribution is 6.07. The maximum Gasteiger partial charge on any atom is 0.325 e. The minimum absolute atomic E-state index is 0.0575. The quantitative estimate of drug-likeness (QED) is 0.801. The summed E-state index contributed by atoms with van der Waals surface area (Å²) in [4.78, 5) is 31.2. The molecule has 0 bridgehead atoms. The lowest BCUT2D eigenvalue weighted by atomic mass is 9.67. The molecule has 0 radical (unpaired) electrons. The lowest BCUT2D eigenvalue weighted by Gasteiger charge is -2.40. The van der Waals surface area contributed by atoms with Crippen molar-refractivity contribution in [1.29, 1.82) is 0 Å². The molecular weight excluding hydrogens is 354 g/mol. The second-order valence-electron chi connectivity index (χ2n) is 9.03. The Morgan fingerprint density at radius 3 is 2.50 bits per heavy atom. The van der Waals surface area contributed by atoms with Crippen LogP contribution in [-0.4, -0.2) is 27.4 Å². The third-order valence-corrected chi connectivity index (χ3v) is 6.22. The van der Waals surface area contributed by atoms with E-state index in [4.69, 9.17) is 4.42 Å². The van der Waals surface area contributed by atoms with Crippen LogP contribution < -0.4 is 5.32 Å². The average Bonchev–Trinajstić information content (AvgIpc) is 3.22. The number of carbonyl (C=O) groups excluding carboxylic acids is 2. The van der Waals surface area contributed by atoms with Crippen molar-refractivity contribution in [2.45, 2.75) is 58.5 Å². The van der Waals surface area contributed by atoms with Crippen LogP contribution in [0.15, 0.2) is 40.9 Å². The monoisotopic (exact) mass is 381 g/mol. The summed E-state index contributed by atoms with van der Waals surface area (Å²) < 4.78 is 5.78. The van der Waals surface area contributed by atoms with Crippen molar-refractivity contribution in [1.82, 2.24) is 15.2 Å². The maximum absolute atomic E-state index is 13.1. The number of amides is 3. The van der Waals surface area contributed by atoms with Gasteiger partial charge < -0.3 is 9.73 Å². The number of benzene rings is 1. The highest BCUT2D eigenvalue weighted by atomic mass is 16.4. The molecule has 2 heterocycles. The predicted octanol–water partition coefficient (Wildman–Crippen LogP) is 4.37. The summed E-state index contributed by atoms with van der Waals surface area (Å²) >= 11 is 0. The smallest absolute Gasteiger partial charge is 0.325 e. The van der Waals surface area contributed by atoms with E-state index < -0.39 is 5.54 Å². The first-order valence-corrected chi connectivity index (χ1v) is 9.93. The highest BCUT2D eigenvalue weighted by Crippen LogP contribution is 2.43. The molecule has 2 fully saturated rings. The number of rotatable bonds is 3. The number of aromatic nitrogens is 1. The molecule has 1 N–H and O–H groups in total. The molecule has 0 atom stereocenters. The van der Waals surface area contributed by atoms with Gasteiger partial charge in [-0.15, -0.1) is 0 Å². The van der Waals surface area contributed by atoms with Crippen molar-refractivity contribution in [3.8, 4) is 11.3 Å². The summed E-state index contributed by atoms with van der Waals surface area (Å²) in [5.41, 5.74) is 0.377. The van der Waals surface area contributed by atoms with E-state index in [2.05, 4.69) is 31.1 Å². The first-order valence-electron chi connectivity index (χ1n) is 9.93. The van der Waals surface area contributed by atoms with Crippen molar-refractivity contribution in [3.63, 3.8) is 0 Å². The Kier molecular flexibility index (Phi) is 4.52. The Balaban J connectivity index is 1.46. The van der Waals surface area contributed by atoms with E-state index in [1.54, 1.807) is 6.20 Å². The van der Waals surface area contributed by atoms with Gasteiger partial charge in [-0.05, 0) is 37.0 Å². The van der Waals surface area contributed by atoms with E-state index in [1.807, 2.05) is 30.3 Å². The van der Waals surface area contributed by atoms with Gasteiger partial charge in [-0.25, -0.2) is 9.78 Å². The fourth-order valence-corrected chi connectivity index (χ4v) is 4.39. The van der Waals surface area contributed by atoms with E-state index in [0.29, 0.717) is 30.4 Å². The van der Waals surface area contributed by atoms with E-state index in [0.717, 1.165) is 18.4 Å². The van der Waals surface area contributed by atoms with E-state index >= 15 is 0 Å². The number of hydrogen-bond donors (Lipinski definition) is 1. The number of carbonyl (C=O) groups is 2. The zero-order chi connectivity index (χ0) is 19.9. The van der Waals surface area contributed by atoms with Crippen LogP contribution in [0, 0.1) is 11.3 Å². The molecule has 1 saturated heterocycles. The van der Waals surface area contributed by atoms with Gasteiger partial charge in [0.05, 0.1) is 6.20 Å². The zero-order valence-electron chi connectivity index (χ0n) is 16.7. The fourth-order valence-electron chi connectivity index (χ4n) is 4.39. The lowest BCUT2D eigenvalue weighted by Crippen LogP contribution is -2.50. The molecule has 0 unspecified atom stereocenters. The first kappa shape index (κ1) is 18.7. The largest absolute Gasteiger partial charge is 0.439 e. The molecule has 6 heteroatoms. The SMILES string of the molecule is CC(C)(C)C1CCC2(CC1)NC(=O)N(Cc1ncc(-c3ccccc3)o1)C2=O. The highest BCUT2D eigenvalue weighted by Gasteiger charge is 2.53. The molecule has 3 amide bonds. The summed E-state index contributed by atoms with van der Waals surface area (Å²) in [7, 11) is 0. The van der Waals surface area contributed by atoms with Gasteiger partial charge in [-0.1, -0.05) is 51.1 Å². The fraction of sp³-hybridized carbons (Fsp3) is 0.500. The number of oxazole rings is 1. The Hall–Kier alpha value is -2.63. The average molecular weight is 381 g/mol. The second-order valence-corrected chi connectivity index (χ2v) is 9.03. The van der Waals surface area contributed by atoms with E-state index in [1.165, 1.54) is 4.90 Å². The standard InChI is InChI=1S/C22H27N3O3/c1-21(2,3)16-9-11-22(12-10-16)19(26)25(20(27)24-22)14-18-23-13-17(28-18)15-7-5-4-6-8-15/h4-8,13,16H,9-12,14H2,1-3H3,(H,24,27). The summed E-state index contributed by atoms with van der Waals surface area (Å²) in [5.74, 6) is 1.41. The zero-order valence-corrected chi connectivity index (χ0v) is 16.7. The summed E-state index contributed by atoms with van der Waals surface area (Å²) in [5, 5.41) is 2.97. The molecule has 1 spiro atoms. The topological polar surface area (TPSA) is 75.4 Å². The van der Waals surface area contributed by atoms with Gasteiger partial charge in [-0.2, -0.15) is 0 Å². The molecule has 1 aliphatic heterocycles.